The average molecular weight is 478 g/mol. The van der Waals surface area contributed by atoms with Crippen molar-refractivity contribution in [1.29, 1.82) is 0 Å². The number of anilines is 1. The Bertz CT molecular complexity index is 1410. The number of sulfone groups is 1. The molecule has 0 bridgehead atoms. The fraction of sp³-hybridized carbons (Fsp3) is 0.160. The predicted octanol–water partition coefficient (Wildman–Crippen LogP) is 5.14. The molecule has 4 aromatic rings. The van der Waals surface area contributed by atoms with E-state index < -0.39 is 15.7 Å². The SMILES string of the molecule is Cc1ccc(/C=N/N(C(=O)CCS(=O)(=O)c2ccccc2)c2nc3ccc(C)cc3s2)cc1. The van der Waals surface area contributed by atoms with Crippen molar-refractivity contribution in [3.05, 3.63) is 89.5 Å². The number of hydrazone groups is 1. The first-order valence-corrected chi connectivity index (χ1v) is 12.9. The fourth-order valence-electron chi connectivity index (χ4n) is 3.18. The third-order valence-electron chi connectivity index (χ3n) is 5.04. The van der Waals surface area contributed by atoms with Crippen molar-refractivity contribution in [2.24, 2.45) is 5.10 Å². The van der Waals surface area contributed by atoms with Gasteiger partial charge in [0.25, 0.3) is 5.91 Å². The number of aromatic nitrogens is 1. The lowest BCUT2D eigenvalue weighted by Crippen LogP contribution is -2.27. The largest absolute Gasteiger partial charge is 0.272 e. The molecule has 168 valence electrons. The quantitative estimate of drug-likeness (QED) is 0.273. The first-order valence-electron chi connectivity index (χ1n) is 10.4. The van der Waals surface area contributed by atoms with Crippen molar-refractivity contribution in [3.8, 4) is 0 Å². The van der Waals surface area contributed by atoms with Gasteiger partial charge >= 0.3 is 0 Å². The molecule has 0 saturated carbocycles. The number of rotatable bonds is 7. The fourth-order valence-corrected chi connectivity index (χ4v) is 5.47. The van der Waals surface area contributed by atoms with E-state index in [0.29, 0.717) is 5.13 Å². The second-order valence-electron chi connectivity index (χ2n) is 7.71. The van der Waals surface area contributed by atoms with Crippen molar-refractivity contribution in [2.75, 3.05) is 10.8 Å². The molecule has 0 aliphatic rings. The second-order valence-corrected chi connectivity index (χ2v) is 10.8. The van der Waals surface area contributed by atoms with Crippen LogP contribution in [0, 0.1) is 13.8 Å². The summed E-state index contributed by atoms with van der Waals surface area (Å²) in [5.41, 5.74) is 3.80. The molecule has 1 heterocycles. The molecular weight excluding hydrogens is 454 g/mol. The monoisotopic (exact) mass is 477 g/mol. The van der Waals surface area contributed by atoms with Gasteiger partial charge in [-0.15, -0.1) is 0 Å². The van der Waals surface area contributed by atoms with Crippen molar-refractivity contribution >= 4 is 48.6 Å². The first-order chi connectivity index (χ1) is 15.8. The number of aryl methyl sites for hydroxylation is 2. The van der Waals surface area contributed by atoms with Gasteiger partial charge in [-0.1, -0.05) is 65.4 Å². The molecule has 0 N–H and O–H groups in total. The van der Waals surface area contributed by atoms with E-state index in [1.54, 1.807) is 24.4 Å². The number of thiazole rings is 1. The highest BCUT2D eigenvalue weighted by atomic mass is 32.2. The van der Waals surface area contributed by atoms with Crippen LogP contribution in [0.5, 0.6) is 0 Å². The topological polar surface area (TPSA) is 79.7 Å². The van der Waals surface area contributed by atoms with Crippen LogP contribution >= 0.6 is 11.3 Å². The molecule has 1 aromatic heterocycles. The molecule has 8 heteroatoms. The van der Waals surface area contributed by atoms with Gasteiger partial charge in [0.05, 0.1) is 27.1 Å². The molecule has 0 fully saturated rings. The molecule has 0 radical (unpaired) electrons. The molecule has 0 aliphatic heterocycles. The van der Waals surface area contributed by atoms with Gasteiger partial charge in [-0.2, -0.15) is 10.1 Å². The minimum absolute atomic E-state index is 0.197. The number of hydrogen-bond acceptors (Lipinski definition) is 6. The highest BCUT2D eigenvalue weighted by Gasteiger charge is 2.23. The smallest absolute Gasteiger partial charge is 0.250 e. The van der Waals surface area contributed by atoms with Crippen LogP contribution in [0.15, 0.2) is 82.8 Å². The molecule has 0 unspecified atom stereocenters. The maximum Gasteiger partial charge on any atom is 0.250 e. The van der Waals surface area contributed by atoms with E-state index in [1.807, 2.05) is 56.3 Å². The van der Waals surface area contributed by atoms with Gasteiger partial charge in [-0.25, -0.2) is 13.4 Å². The second kappa shape index (κ2) is 9.64. The zero-order chi connectivity index (χ0) is 23.4. The van der Waals surface area contributed by atoms with Crippen molar-refractivity contribution < 1.29 is 13.2 Å². The summed E-state index contributed by atoms with van der Waals surface area (Å²) in [4.78, 5) is 17.9. The van der Waals surface area contributed by atoms with E-state index in [4.69, 9.17) is 0 Å². The highest BCUT2D eigenvalue weighted by Crippen LogP contribution is 2.30. The molecule has 6 nitrogen and oxygen atoms in total. The molecule has 33 heavy (non-hydrogen) atoms. The third-order valence-corrected chi connectivity index (χ3v) is 7.76. The summed E-state index contributed by atoms with van der Waals surface area (Å²) in [5.74, 6) is -0.746. The van der Waals surface area contributed by atoms with E-state index in [1.165, 1.54) is 28.5 Å². The number of benzene rings is 3. The van der Waals surface area contributed by atoms with Crippen molar-refractivity contribution in [2.45, 2.75) is 25.2 Å². The standard InChI is InChI=1S/C25H23N3O3S2/c1-18-8-11-20(12-9-18)17-26-28(25-27-22-13-10-19(2)16-23(22)32-25)24(29)14-15-33(30,31)21-6-4-3-5-7-21/h3-13,16-17H,14-15H2,1-2H3/b26-17+. The van der Waals surface area contributed by atoms with E-state index in [9.17, 15) is 13.2 Å². The Morgan fingerprint density at radius 2 is 1.70 bits per heavy atom. The molecule has 0 spiro atoms. The summed E-state index contributed by atoms with van der Waals surface area (Å²) >= 11 is 1.35. The van der Waals surface area contributed by atoms with Gasteiger partial charge in [-0.3, -0.25) is 4.79 Å². The lowest BCUT2D eigenvalue weighted by molar-refractivity contribution is -0.118. The van der Waals surface area contributed by atoms with Crippen LogP contribution in [0.25, 0.3) is 10.2 Å². The normalized spacial score (nSPS) is 11.8. The summed E-state index contributed by atoms with van der Waals surface area (Å²) in [7, 11) is -3.59. The van der Waals surface area contributed by atoms with Gasteiger partial charge in [0, 0.05) is 6.42 Å². The van der Waals surface area contributed by atoms with E-state index in [-0.39, 0.29) is 17.1 Å². The zero-order valence-corrected chi connectivity index (χ0v) is 19.9. The average Bonchev–Trinajstić information content (AvgIpc) is 3.22. The maximum atomic E-state index is 13.2. The Balaban J connectivity index is 1.62. The Labute approximate surface area is 197 Å². The van der Waals surface area contributed by atoms with Crippen LogP contribution in [0.4, 0.5) is 5.13 Å². The lowest BCUT2D eigenvalue weighted by atomic mass is 10.2. The molecule has 0 saturated heterocycles. The summed E-state index contributed by atoms with van der Waals surface area (Å²) in [6, 6.07) is 21.7. The number of amides is 1. The number of carbonyl (C=O) groups excluding carboxylic acids is 1. The summed E-state index contributed by atoms with van der Waals surface area (Å²) in [5, 5.41) is 6.01. The Morgan fingerprint density at radius 3 is 2.42 bits per heavy atom. The number of nitrogens with zero attached hydrogens (tertiary/aromatic N) is 3. The van der Waals surface area contributed by atoms with Gasteiger partial charge in [0.1, 0.15) is 0 Å². The maximum absolute atomic E-state index is 13.2. The van der Waals surface area contributed by atoms with E-state index >= 15 is 0 Å². The summed E-state index contributed by atoms with van der Waals surface area (Å²) < 4.78 is 26.3. The van der Waals surface area contributed by atoms with Crippen molar-refractivity contribution in [3.63, 3.8) is 0 Å². The Hall–Kier alpha value is -3.36. The van der Waals surface area contributed by atoms with Gasteiger partial charge in [-0.05, 0) is 49.2 Å². The molecule has 0 atom stereocenters. The zero-order valence-electron chi connectivity index (χ0n) is 18.3. The minimum Gasteiger partial charge on any atom is -0.272 e. The van der Waals surface area contributed by atoms with Gasteiger partial charge < -0.3 is 0 Å². The molecule has 0 aliphatic carbocycles. The number of fused-ring (bicyclic) bond motifs is 1. The Morgan fingerprint density at radius 1 is 1.00 bits per heavy atom. The van der Waals surface area contributed by atoms with E-state index in [0.717, 1.165) is 26.9 Å². The number of hydrogen-bond donors (Lipinski definition) is 0. The predicted molar refractivity (Wildman–Crippen MR) is 134 cm³/mol. The summed E-state index contributed by atoms with van der Waals surface area (Å²) in [6.07, 6.45) is 1.37. The van der Waals surface area contributed by atoms with Crippen LogP contribution in [-0.4, -0.2) is 31.3 Å². The van der Waals surface area contributed by atoms with Gasteiger partial charge in [0.2, 0.25) is 5.13 Å². The first kappa shape index (κ1) is 22.8. The van der Waals surface area contributed by atoms with Crippen LogP contribution in [0.2, 0.25) is 0 Å². The number of carbonyl (C=O) groups is 1. The van der Waals surface area contributed by atoms with Crippen LogP contribution in [0.1, 0.15) is 23.1 Å². The minimum atomic E-state index is -3.59. The summed E-state index contributed by atoms with van der Waals surface area (Å²) in [6.45, 7) is 3.98. The molecule has 3 aromatic carbocycles. The molecule has 4 rings (SSSR count). The van der Waals surface area contributed by atoms with Crippen LogP contribution in [-0.2, 0) is 14.6 Å². The molecule has 1 amide bonds. The van der Waals surface area contributed by atoms with Crippen LogP contribution < -0.4 is 5.01 Å². The van der Waals surface area contributed by atoms with E-state index in [2.05, 4.69) is 10.1 Å². The molecular formula is C25H23N3O3S2. The lowest BCUT2D eigenvalue weighted by Gasteiger charge is -2.14. The highest BCUT2D eigenvalue weighted by molar-refractivity contribution is 7.91. The van der Waals surface area contributed by atoms with Crippen LogP contribution in [0.3, 0.4) is 0 Å². The third kappa shape index (κ3) is 5.53. The Kier molecular flexibility index (Phi) is 6.67. The van der Waals surface area contributed by atoms with Gasteiger partial charge in [0.15, 0.2) is 9.84 Å². The van der Waals surface area contributed by atoms with Crippen molar-refractivity contribution in [1.82, 2.24) is 4.98 Å².